The van der Waals surface area contributed by atoms with E-state index in [0.29, 0.717) is 11.4 Å². The van der Waals surface area contributed by atoms with Crippen molar-refractivity contribution in [3.63, 3.8) is 0 Å². The van der Waals surface area contributed by atoms with Crippen molar-refractivity contribution < 1.29 is 9.53 Å². The van der Waals surface area contributed by atoms with Crippen molar-refractivity contribution in [3.05, 3.63) is 23.8 Å². The smallest absolute Gasteiger partial charge is 0.319 e. The second-order valence-electron chi connectivity index (χ2n) is 5.02. The molecule has 0 spiro atoms. The number of carbonyl (C=O) groups is 1. The van der Waals surface area contributed by atoms with Gasteiger partial charge in [0.15, 0.2) is 0 Å². The molecule has 0 aromatic heterocycles. The van der Waals surface area contributed by atoms with E-state index >= 15 is 0 Å². The first kappa shape index (κ1) is 14.4. The molecule has 0 atom stereocenters. The Morgan fingerprint density at radius 3 is 2.61 bits per heavy atom. The van der Waals surface area contributed by atoms with Gasteiger partial charge in [-0.2, -0.15) is 0 Å². The number of carbonyl (C=O) groups excluding carboxylic acids is 1. The van der Waals surface area contributed by atoms with Crippen molar-refractivity contribution in [3.8, 4) is 5.75 Å². The van der Waals surface area contributed by atoms with Gasteiger partial charge in [-0.05, 0) is 44.9 Å². The van der Waals surface area contributed by atoms with Crippen LogP contribution in [0.2, 0.25) is 0 Å². The van der Waals surface area contributed by atoms with E-state index in [0.717, 1.165) is 12.0 Å². The molecule has 0 fully saturated rings. The molecule has 0 saturated heterocycles. The summed E-state index contributed by atoms with van der Waals surface area (Å²) in [6.07, 6.45) is 0.866. The number of anilines is 1. The molecule has 2 N–H and O–H groups in total. The summed E-state index contributed by atoms with van der Waals surface area (Å²) < 4.78 is 5.22. The third-order valence-electron chi connectivity index (χ3n) is 2.94. The van der Waals surface area contributed by atoms with Crippen LogP contribution in [-0.2, 0) is 0 Å². The van der Waals surface area contributed by atoms with Crippen molar-refractivity contribution >= 4 is 11.7 Å². The third kappa shape index (κ3) is 3.95. The lowest BCUT2D eigenvalue weighted by molar-refractivity contribution is 0.240. The molecule has 2 amide bonds. The maximum absolute atomic E-state index is 11.9. The van der Waals surface area contributed by atoms with E-state index in [4.69, 9.17) is 4.74 Å². The van der Waals surface area contributed by atoms with Gasteiger partial charge in [0.1, 0.15) is 5.75 Å². The lowest BCUT2D eigenvalue weighted by atomic mass is 10.0. The molecule has 1 aromatic rings. The molecule has 0 aliphatic heterocycles. The van der Waals surface area contributed by atoms with Gasteiger partial charge in [0, 0.05) is 5.54 Å². The molecule has 4 nitrogen and oxygen atoms in total. The Labute approximate surface area is 109 Å². The zero-order valence-corrected chi connectivity index (χ0v) is 11.8. The summed E-state index contributed by atoms with van der Waals surface area (Å²) >= 11 is 0. The molecule has 1 rings (SSSR count). The molecule has 0 heterocycles. The summed E-state index contributed by atoms with van der Waals surface area (Å²) in [6, 6.07) is 5.45. The number of amides is 2. The molecular formula is C14H22N2O2. The highest BCUT2D eigenvalue weighted by Gasteiger charge is 2.18. The Bertz CT molecular complexity index is 428. The third-order valence-corrected chi connectivity index (χ3v) is 2.94. The first-order chi connectivity index (χ1) is 8.38. The number of nitrogens with one attached hydrogen (secondary N) is 2. The van der Waals surface area contributed by atoms with E-state index in [2.05, 4.69) is 10.6 Å². The van der Waals surface area contributed by atoms with Gasteiger partial charge in [0.25, 0.3) is 0 Å². The monoisotopic (exact) mass is 250 g/mol. The summed E-state index contributed by atoms with van der Waals surface area (Å²) in [4.78, 5) is 11.9. The van der Waals surface area contributed by atoms with Gasteiger partial charge in [-0.1, -0.05) is 13.0 Å². The number of benzene rings is 1. The van der Waals surface area contributed by atoms with E-state index in [1.165, 1.54) is 0 Å². The van der Waals surface area contributed by atoms with Crippen molar-refractivity contribution in [2.45, 2.75) is 39.7 Å². The lowest BCUT2D eigenvalue weighted by Gasteiger charge is -2.24. The Hall–Kier alpha value is -1.71. The Morgan fingerprint density at radius 1 is 1.39 bits per heavy atom. The molecule has 0 saturated carbocycles. The standard InChI is InChI=1S/C14H22N2O2/c1-6-14(3,4)16-13(17)15-11-9-10(2)7-8-12(11)18-5/h7-9H,6H2,1-5H3,(H2,15,16,17). The normalized spacial score (nSPS) is 10.9. The molecule has 4 heteroatoms. The average Bonchev–Trinajstić information content (AvgIpc) is 2.28. The number of hydrogen-bond donors (Lipinski definition) is 2. The summed E-state index contributed by atoms with van der Waals surface area (Å²) in [7, 11) is 1.59. The number of methoxy groups -OCH3 is 1. The van der Waals surface area contributed by atoms with Crippen LogP contribution in [0.3, 0.4) is 0 Å². The van der Waals surface area contributed by atoms with Crippen molar-refractivity contribution in [2.75, 3.05) is 12.4 Å². The fourth-order valence-electron chi connectivity index (χ4n) is 1.47. The molecule has 1 aromatic carbocycles. The Kier molecular flexibility index (Phi) is 4.59. The second-order valence-corrected chi connectivity index (χ2v) is 5.02. The molecule has 0 aliphatic rings. The highest BCUT2D eigenvalue weighted by molar-refractivity contribution is 5.91. The van der Waals surface area contributed by atoms with Crippen molar-refractivity contribution in [1.29, 1.82) is 0 Å². The van der Waals surface area contributed by atoms with Crippen LogP contribution in [0.25, 0.3) is 0 Å². The topological polar surface area (TPSA) is 50.4 Å². The van der Waals surface area contributed by atoms with Crippen LogP contribution < -0.4 is 15.4 Å². The first-order valence-electron chi connectivity index (χ1n) is 6.12. The minimum absolute atomic E-state index is 0.217. The van der Waals surface area contributed by atoms with E-state index in [1.54, 1.807) is 7.11 Å². The van der Waals surface area contributed by atoms with Crippen LogP contribution in [0.5, 0.6) is 5.75 Å². The van der Waals surface area contributed by atoms with Crippen LogP contribution in [0.4, 0.5) is 10.5 Å². The highest BCUT2D eigenvalue weighted by atomic mass is 16.5. The van der Waals surface area contributed by atoms with Crippen molar-refractivity contribution in [2.24, 2.45) is 0 Å². The van der Waals surface area contributed by atoms with Crippen molar-refractivity contribution in [1.82, 2.24) is 5.32 Å². The molecule has 0 unspecified atom stereocenters. The van der Waals surface area contributed by atoms with E-state index < -0.39 is 0 Å². The second kappa shape index (κ2) is 5.76. The van der Waals surface area contributed by atoms with Gasteiger partial charge in [0.05, 0.1) is 12.8 Å². The number of ether oxygens (including phenoxy) is 1. The molecular weight excluding hydrogens is 228 g/mol. The molecule has 18 heavy (non-hydrogen) atoms. The maximum atomic E-state index is 11.9. The zero-order chi connectivity index (χ0) is 13.8. The van der Waals surface area contributed by atoms with Gasteiger partial charge in [0.2, 0.25) is 0 Å². The molecule has 0 aliphatic carbocycles. The quantitative estimate of drug-likeness (QED) is 0.861. The van der Waals surface area contributed by atoms with Gasteiger partial charge in [-0.3, -0.25) is 0 Å². The van der Waals surface area contributed by atoms with Gasteiger partial charge < -0.3 is 15.4 Å². The summed E-state index contributed by atoms with van der Waals surface area (Å²) in [5.41, 5.74) is 1.53. The van der Waals surface area contributed by atoms with Crippen LogP contribution in [0.1, 0.15) is 32.8 Å². The predicted molar refractivity (Wildman–Crippen MR) is 74.3 cm³/mol. The van der Waals surface area contributed by atoms with Crippen LogP contribution >= 0.6 is 0 Å². The van der Waals surface area contributed by atoms with Crippen LogP contribution in [0.15, 0.2) is 18.2 Å². The summed E-state index contributed by atoms with van der Waals surface area (Å²) in [6.45, 7) is 7.98. The Balaban J connectivity index is 2.78. The predicted octanol–water partition coefficient (Wildman–Crippen LogP) is 3.31. The summed E-state index contributed by atoms with van der Waals surface area (Å²) in [5.74, 6) is 0.657. The van der Waals surface area contributed by atoms with Gasteiger partial charge in [-0.15, -0.1) is 0 Å². The first-order valence-corrected chi connectivity index (χ1v) is 6.12. The van der Waals surface area contributed by atoms with Crippen LogP contribution in [0, 0.1) is 6.92 Å². The lowest BCUT2D eigenvalue weighted by Crippen LogP contribution is -2.45. The fourth-order valence-corrected chi connectivity index (χ4v) is 1.47. The van der Waals surface area contributed by atoms with Gasteiger partial charge in [-0.25, -0.2) is 4.79 Å². The van der Waals surface area contributed by atoms with E-state index in [1.807, 2.05) is 45.9 Å². The number of aryl methyl sites for hydroxylation is 1. The Morgan fingerprint density at radius 2 is 2.06 bits per heavy atom. The maximum Gasteiger partial charge on any atom is 0.319 e. The molecule has 0 bridgehead atoms. The van der Waals surface area contributed by atoms with Crippen LogP contribution in [-0.4, -0.2) is 18.7 Å². The van der Waals surface area contributed by atoms with Gasteiger partial charge >= 0.3 is 6.03 Å². The summed E-state index contributed by atoms with van der Waals surface area (Å²) in [5, 5.41) is 5.74. The van der Waals surface area contributed by atoms with E-state index in [9.17, 15) is 4.79 Å². The highest BCUT2D eigenvalue weighted by Crippen LogP contribution is 2.25. The van der Waals surface area contributed by atoms with E-state index in [-0.39, 0.29) is 11.6 Å². The molecule has 100 valence electrons. The number of urea groups is 1. The number of hydrogen-bond acceptors (Lipinski definition) is 2. The minimum Gasteiger partial charge on any atom is -0.495 e. The number of rotatable bonds is 4. The zero-order valence-electron chi connectivity index (χ0n) is 11.8. The SMILES string of the molecule is CCC(C)(C)NC(=O)Nc1cc(C)ccc1OC. The minimum atomic E-state index is -0.221. The largest absolute Gasteiger partial charge is 0.495 e. The fraction of sp³-hybridized carbons (Fsp3) is 0.500. The average molecular weight is 250 g/mol. The molecule has 0 radical (unpaired) electrons.